The summed E-state index contributed by atoms with van der Waals surface area (Å²) in [7, 11) is 0. The van der Waals surface area contributed by atoms with Crippen LogP contribution in [0.25, 0.3) is 22.9 Å². The van der Waals surface area contributed by atoms with Gasteiger partial charge in [-0.1, -0.05) is 36.4 Å². The number of carbonyl (C=O) groups is 2. The zero-order valence-corrected chi connectivity index (χ0v) is 8.44. The molecule has 0 bridgehead atoms. The molecule has 76 valence electrons. The first-order valence-electron chi connectivity index (χ1n) is 5.04. The topological polar surface area (TPSA) is 34.1 Å². The van der Waals surface area contributed by atoms with Gasteiger partial charge < -0.3 is 0 Å². The van der Waals surface area contributed by atoms with Crippen molar-refractivity contribution in [1.82, 2.24) is 0 Å². The van der Waals surface area contributed by atoms with Gasteiger partial charge in [-0.05, 0) is 28.0 Å². The molecule has 3 rings (SSSR count). The number of aldehydes is 1. The van der Waals surface area contributed by atoms with Gasteiger partial charge in [0.2, 0.25) is 5.78 Å². The summed E-state index contributed by atoms with van der Waals surface area (Å²) in [6.07, 6.45) is 4.24. The van der Waals surface area contributed by atoms with Gasteiger partial charge in [-0.2, -0.15) is 0 Å². The molecule has 0 fully saturated rings. The highest BCUT2D eigenvalue weighted by Crippen LogP contribution is 2.33. The van der Waals surface area contributed by atoms with Gasteiger partial charge in [0.15, 0.2) is 6.29 Å². The number of carbonyl (C=O) groups excluding carboxylic acids is 2. The molecule has 0 N–H and O–H groups in total. The van der Waals surface area contributed by atoms with E-state index in [-0.39, 0.29) is 0 Å². The van der Waals surface area contributed by atoms with Crippen LogP contribution in [0.4, 0.5) is 0 Å². The normalized spacial score (nSPS) is 12.0. The molecule has 0 radical (unpaired) electrons. The summed E-state index contributed by atoms with van der Waals surface area (Å²) in [5.74, 6) is -0.460. The summed E-state index contributed by atoms with van der Waals surface area (Å²) in [5, 5.41) is 2.16. The third kappa shape index (κ3) is 1.07. The molecule has 2 aromatic carbocycles. The van der Waals surface area contributed by atoms with Crippen molar-refractivity contribution in [3.05, 3.63) is 47.0 Å². The Labute approximate surface area is 92.2 Å². The van der Waals surface area contributed by atoms with Crippen LogP contribution in [0.15, 0.2) is 30.3 Å². The number of ketones is 1. The Kier molecular flexibility index (Phi) is 1.77. The standard InChI is InChI=1S/C14H8O2/c15-8-13(16)11-6-4-9-2-1-3-10-5-7-12(11)14(9)10/h1-8H. The summed E-state index contributed by atoms with van der Waals surface area (Å²) in [6.45, 7) is 0. The quantitative estimate of drug-likeness (QED) is 0.368. The molecule has 0 saturated carbocycles. The number of benzene rings is 2. The van der Waals surface area contributed by atoms with Crippen LogP contribution in [0, 0.1) is 0 Å². The molecule has 0 unspecified atom stereocenters. The van der Waals surface area contributed by atoms with Crippen molar-refractivity contribution in [2.75, 3.05) is 0 Å². The van der Waals surface area contributed by atoms with E-state index in [1.54, 1.807) is 6.07 Å². The highest BCUT2D eigenvalue weighted by atomic mass is 16.2. The third-order valence-electron chi connectivity index (χ3n) is 2.92. The van der Waals surface area contributed by atoms with Gasteiger partial charge in [0, 0.05) is 5.56 Å². The third-order valence-corrected chi connectivity index (χ3v) is 2.92. The number of hydrogen-bond donors (Lipinski definition) is 0. The SMILES string of the molecule is O=CC(=O)c1ccc2cccc3c2c1C=C3. The van der Waals surface area contributed by atoms with Crippen molar-refractivity contribution in [3.8, 4) is 0 Å². The first-order chi connectivity index (χ1) is 7.81. The van der Waals surface area contributed by atoms with Crippen molar-refractivity contribution < 1.29 is 9.59 Å². The predicted molar refractivity (Wildman–Crippen MR) is 63.3 cm³/mol. The Hall–Kier alpha value is -2.22. The van der Waals surface area contributed by atoms with Crippen LogP contribution in [0.1, 0.15) is 21.5 Å². The van der Waals surface area contributed by atoms with E-state index >= 15 is 0 Å². The fourth-order valence-electron chi connectivity index (χ4n) is 2.20. The molecule has 2 nitrogen and oxygen atoms in total. The Bertz CT molecular complexity index is 651. The summed E-state index contributed by atoms with van der Waals surface area (Å²) >= 11 is 0. The van der Waals surface area contributed by atoms with Gasteiger partial charge in [0.1, 0.15) is 0 Å². The first kappa shape index (κ1) is 9.04. The largest absolute Gasteiger partial charge is 0.294 e. The molecule has 0 amide bonds. The summed E-state index contributed by atoms with van der Waals surface area (Å²) in [6, 6.07) is 9.59. The average Bonchev–Trinajstić information content (AvgIpc) is 2.75. The van der Waals surface area contributed by atoms with Gasteiger partial charge >= 0.3 is 0 Å². The monoisotopic (exact) mass is 208 g/mol. The molecule has 16 heavy (non-hydrogen) atoms. The van der Waals surface area contributed by atoms with Crippen LogP contribution in [0.5, 0.6) is 0 Å². The van der Waals surface area contributed by atoms with E-state index in [9.17, 15) is 9.59 Å². The van der Waals surface area contributed by atoms with Crippen LogP contribution < -0.4 is 0 Å². The maximum Gasteiger partial charge on any atom is 0.225 e. The highest BCUT2D eigenvalue weighted by Gasteiger charge is 2.16. The minimum atomic E-state index is -0.460. The van der Waals surface area contributed by atoms with Crippen LogP contribution >= 0.6 is 0 Å². The second kappa shape index (κ2) is 3.14. The van der Waals surface area contributed by atoms with E-state index in [0.717, 1.165) is 21.9 Å². The Balaban J connectivity index is 2.43. The van der Waals surface area contributed by atoms with E-state index in [0.29, 0.717) is 11.8 Å². The Morgan fingerprint density at radius 2 is 1.94 bits per heavy atom. The fraction of sp³-hybridized carbons (Fsp3) is 0. The van der Waals surface area contributed by atoms with E-state index in [4.69, 9.17) is 0 Å². The molecule has 0 spiro atoms. The second-order valence-corrected chi connectivity index (χ2v) is 3.79. The number of hydrogen-bond acceptors (Lipinski definition) is 2. The molecule has 1 aliphatic rings. The summed E-state index contributed by atoms with van der Waals surface area (Å²) in [4.78, 5) is 22.0. The van der Waals surface area contributed by atoms with E-state index in [1.165, 1.54) is 0 Å². The Morgan fingerprint density at radius 1 is 1.06 bits per heavy atom. The fourth-order valence-corrected chi connectivity index (χ4v) is 2.20. The smallest absolute Gasteiger partial charge is 0.225 e. The molecular weight excluding hydrogens is 200 g/mol. The molecule has 2 heteroatoms. The maximum absolute atomic E-state index is 11.5. The van der Waals surface area contributed by atoms with Crippen LogP contribution in [0.2, 0.25) is 0 Å². The zero-order valence-electron chi connectivity index (χ0n) is 8.44. The van der Waals surface area contributed by atoms with Gasteiger partial charge in [-0.15, -0.1) is 0 Å². The predicted octanol–water partition coefficient (Wildman–Crippen LogP) is 2.71. The maximum atomic E-state index is 11.5. The van der Waals surface area contributed by atoms with Crippen molar-refractivity contribution in [2.45, 2.75) is 0 Å². The van der Waals surface area contributed by atoms with E-state index in [1.807, 2.05) is 36.4 Å². The van der Waals surface area contributed by atoms with Crippen LogP contribution in [-0.4, -0.2) is 12.1 Å². The number of Topliss-reactive ketones (excluding diaryl/α,β-unsaturated/α-hetero) is 1. The van der Waals surface area contributed by atoms with Crippen molar-refractivity contribution in [1.29, 1.82) is 0 Å². The lowest BCUT2D eigenvalue weighted by Gasteiger charge is -2.05. The molecule has 2 aromatic rings. The molecule has 0 atom stereocenters. The molecule has 1 aliphatic carbocycles. The summed E-state index contributed by atoms with van der Waals surface area (Å²) in [5.41, 5.74) is 2.46. The van der Waals surface area contributed by atoms with Gasteiger partial charge in [0.05, 0.1) is 0 Å². The lowest BCUT2D eigenvalue weighted by Crippen LogP contribution is -2.02. The van der Waals surface area contributed by atoms with E-state index in [2.05, 4.69) is 0 Å². The van der Waals surface area contributed by atoms with Gasteiger partial charge in [0.25, 0.3) is 0 Å². The summed E-state index contributed by atoms with van der Waals surface area (Å²) < 4.78 is 0. The molecule has 0 aliphatic heterocycles. The number of rotatable bonds is 2. The van der Waals surface area contributed by atoms with Crippen molar-refractivity contribution >= 4 is 35.0 Å². The minimum absolute atomic E-state index is 0.367. The first-order valence-corrected chi connectivity index (χ1v) is 5.04. The highest BCUT2D eigenvalue weighted by molar-refractivity contribution is 6.35. The lowest BCUT2D eigenvalue weighted by molar-refractivity contribution is -0.104. The van der Waals surface area contributed by atoms with Crippen LogP contribution in [0.3, 0.4) is 0 Å². The van der Waals surface area contributed by atoms with Gasteiger partial charge in [-0.25, -0.2) is 0 Å². The average molecular weight is 208 g/mol. The zero-order chi connectivity index (χ0) is 11.1. The Morgan fingerprint density at radius 3 is 2.75 bits per heavy atom. The molecule has 0 aromatic heterocycles. The lowest BCUT2D eigenvalue weighted by atomic mass is 9.98. The van der Waals surface area contributed by atoms with Crippen molar-refractivity contribution in [2.24, 2.45) is 0 Å². The molecular formula is C14H8O2. The minimum Gasteiger partial charge on any atom is -0.294 e. The second-order valence-electron chi connectivity index (χ2n) is 3.79. The van der Waals surface area contributed by atoms with E-state index < -0.39 is 5.78 Å². The van der Waals surface area contributed by atoms with Crippen molar-refractivity contribution in [3.63, 3.8) is 0 Å². The molecule has 0 saturated heterocycles. The van der Waals surface area contributed by atoms with Gasteiger partial charge in [-0.3, -0.25) is 9.59 Å². The molecule has 0 heterocycles. The van der Waals surface area contributed by atoms with Crippen LogP contribution in [-0.2, 0) is 4.79 Å².